The van der Waals surface area contributed by atoms with Crippen molar-refractivity contribution in [1.82, 2.24) is 9.97 Å². The Bertz CT molecular complexity index is 673. The van der Waals surface area contributed by atoms with Gasteiger partial charge in [0.25, 0.3) is 0 Å². The molecule has 0 aliphatic heterocycles. The van der Waals surface area contributed by atoms with Crippen LogP contribution in [0.5, 0.6) is 11.5 Å². The molecule has 1 aromatic heterocycles. The van der Waals surface area contributed by atoms with Crippen molar-refractivity contribution in [1.29, 1.82) is 0 Å². The lowest BCUT2D eigenvalue weighted by Crippen LogP contribution is -2.44. The molecule has 1 aliphatic rings. The monoisotopic (exact) mass is 315 g/mol. The van der Waals surface area contributed by atoms with Gasteiger partial charge in [-0.05, 0) is 25.0 Å². The summed E-state index contributed by atoms with van der Waals surface area (Å²) in [6.45, 7) is 0. The first-order valence-corrected chi connectivity index (χ1v) is 7.51. The number of ether oxygens (including phenoxy) is 2. The fourth-order valence-corrected chi connectivity index (χ4v) is 2.53. The molecular formula is C16H21N5O2. The number of rotatable bonds is 6. The second kappa shape index (κ2) is 6.70. The number of aromatic nitrogens is 2. The maximum Gasteiger partial charge on any atom is 0.146 e. The molecule has 0 unspecified atom stereocenters. The van der Waals surface area contributed by atoms with Gasteiger partial charge in [0, 0.05) is 24.2 Å². The molecule has 7 nitrogen and oxygen atoms in total. The summed E-state index contributed by atoms with van der Waals surface area (Å²) >= 11 is 0. The molecule has 7 heteroatoms. The normalized spacial score (nSPS) is 19.6. The maximum absolute atomic E-state index is 5.80. The zero-order valence-electron chi connectivity index (χ0n) is 13.2. The molecule has 122 valence electrons. The summed E-state index contributed by atoms with van der Waals surface area (Å²) in [6.07, 6.45) is 3.47. The molecular weight excluding hydrogens is 294 g/mol. The van der Waals surface area contributed by atoms with Crippen LogP contribution in [-0.4, -0.2) is 36.3 Å². The van der Waals surface area contributed by atoms with Crippen LogP contribution in [-0.2, 0) is 0 Å². The van der Waals surface area contributed by atoms with Gasteiger partial charge in [-0.2, -0.15) is 0 Å². The number of hydrogen-bond donors (Lipinski definition) is 3. The van der Waals surface area contributed by atoms with E-state index < -0.39 is 0 Å². The molecule has 0 radical (unpaired) electrons. The standard InChI is InChI=1S/C16H21N5O2/c1-22-12-3-4-13(14(7-12)23-2)21-16-8-15(18-9-19-16)20-11-5-10(17)6-11/h3-4,7-11H,5-6,17H2,1-2H3,(H2,18,19,20,21). The van der Waals surface area contributed by atoms with Gasteiger partial charge in [-0.15, -0.1) is 0 Å². The number of anilines is 3. The highest BCUT2D eigenvalue weighted by Crippen LogP contribution is 2.31. The fraction of sp³-hybridized carbons (Fsp3) is 0.375. The van der Waals surface area contributed by atoms with Crippen LogP contribution >= 0.6 is 0 Å². The van der Waals surface area contributed by atoms with Gasteiger partial charge >= 0.3 is 0 Å². The van der Waals surface area contributed by atoms with Gasteiger partial charge in [-0.1, -0.05) is 0 Å². The van der Waals surface area contributed by atoms with Gasteiger partial charge in [0.2, 0.25) is 0 Å². The van der Waals surface area contributed by atoms with Crippen LogP contribution < -0.4 is 25.8 Å². The SMILES string of the molecule is COc1ccc(Nc2cc(NC3CC(N)C3)ncn2)c(OC)c1. The van der Waals surface area contributed by atoms with Gasteiger partial charge in [0.15, 0.2) is 0 Å². The van der Waals surface area contributed by atoms with E-state index in [1.165, 1.54) is 6.33 Å². The van der Waals surface area contributed by atoms with Crippen LogP contribution in [0.2, 0.25) is 0 Å². The van der Waals surface area contributed by atoms with Crippen molar-refractivity contribution in [2.75, 3.05) is 24.9 Å². The Kier molecular flexibility index (Phi) is 4.47. The largest absolute Gasteiger partial charge is 0.497 e. The van der Waals surface area contributed by atoms with Crippen LogP contribution in [0.1, 0.15) is 12.8 Å². The van der Waals surface area contributed by atoms with Crippen molar-refractivity contribution in [3.05, 3.63) is 30.6 Å². The van der Waals surface area contributed by atoms with Crippen molar-refractivity contribution < 1.29 is 9.47 Å². The van der Waals surface area contributed by atoms with Gasteiger partial charge < -0.3 is 25.8 Å². The Morgan fingerprint density at radius 2 is 1.87 bits per heavy atom. The number of benzene rings is 1. The van der Waals surface area contributed by atoms with Crippen LogP contribution in [0, 0.1) is 0 Å². The van der Waals surface area contributed by atoms with E-state index in [9.17, 15) is 0 Å². The molecule has 0 amide bonds. The van der Waals surface area contributed by atoms with Crippen molar-refractivity contribution in [3.8, 4) is 11.5 Å². The lowest BCUT2D eigenvalue weighted by molar-refractivity contribution is 0.373. The Labute approximate surface area is 135 Å². The number of nitrogens with zero attached hydrogens (tertiary/aromatic N) is 2. The molecule has 1 heterocycles. The van der Waals surface area contributed by atoms with Crippen LogP contribution in [0.4, 0.5) is 17.3 Å². The number of nitrogens with one attached hydrogen (secondary N) is 2. The lowest BCUT2D eigenvalue weighted by atomic mass is 9.88. The summed E-state index contributed by atoms with van der Waals surface area (Å²) in [5, 5.41) is 6.60. The molecule has 4 N–H and O–H groups in total. The molecule has 0 saturated heterocycles. The Morgan fingerprint density at radius 3 is 2.57 bits per heavy atom. The van der Waals surface area contributed by atoms with Crippen LogP contribution in [0.3, 0.4) is 0 Å². The van der Waals surface area contributed by atoms with Gasteiger partial charge in [-0.3, -0.25) is 0 Å². The maximum atomic E-state index is 5.80. The van der Waals surface area contributed by atoms with E-state index in [1.807, 2.05) is 24.3 Å². The lowest BCUT2D eigenvalue weighted by Gasteiger charge is -2.33. The molecule has 1 saturated carbocycles. The van der Waals surface area contributed by atoms with E-state index in [0.29, 0.717) is 23.7 Å². The summed E-state index contributed by atoms with van der Waals surface area (Å²) in [5.74, 6) is 2.89. The highest BCUT2D eigenvalue weighted by Gasteiger charge is 2.25. The number of nitrogens with two attached hydrogens (primary N) is 1. The predicted molar refractivity (Wildman–Crippen MR) is 89.5 cm³/mol. The minimum absolute atomic E-state index is 0.301. The molecule has 1 fully saturated rings. The zero-order chi connectivity index (χ0) is 16.2. The third-order valence-electron chi connectivity index (χ3n) is 3.87. The molecule has 0 bridgehead atoms. The first-order chi connectivity index (χ1) is 11.2. The summed E-state index contributed by atoms with van der Waals surface area (Å²) in [4.78, 5) is 8.49. The average Bonchev–Trinajstić information content (AvgIpc) is 2.54. The van der Waals surface area contributed by atoms with Crippen LogP contribution in [0.25, 0.3) is 0 Å². The molecule has 1 aliphatic carbocycles. The molecule has 1 aromatic carbocycles. The number of hydrogen-bond acceptors (Lipinski definition) is 7. The van der Waals surface area contributed by atoms with Gasteiger partial charge in [0.05, 0.1) is 19.9 Å². The smallest absolute Gasteiger partial charge is 0.146 e. The molecule has 0 spiro atoms. The van der Waals surface area contributed by atoms with E-state index in [2.05, 4.69) is 20.6 Å². The second-order valence-electron chi connectivity index (χ2n) is 5.55. The van der Waals surface area contributed by atoms with Gasteiger partial charge in [0.1, 0.15) is 29.5 Å². The summed E-state index contributed by atoms with van der Waals surface area (Å²) < 4.78 is 10.6. The number of methoxy groups -OCH3 is 2. The average molecular weight is 315 g/mol. The van der Waals surface area contributed by atoms with E-state index in [1.54, 1.807) is 14.2 Å². The Balaban J connectivity index is 1.72. The van der Waals surface area contributed by atoms with E-state index in [-0.39, 0.29) is 0 Å². The van der Waals surface area contributed by atoms with Crippen molar-refractivity contribution in [3.63, 3.8) is 0 Å². The first kappa shape index (κ1) is 15.4. The van der Waals surface area contributed by atoms with Gasteiger partial charge in [-0.25, -0.2) is 9.97 Å². The minimum Gasteiger partial charge on any atom is -0.497 e. The molecule has 0 atom stereocenters. The van der Waals surface area contributed by atoms with Crippen LogP contribution in [0.15, 0.2) is 30.6 Å². The first-order valence-electron chi connectivity index (χ1n) is 7.51. The zero-order valence-corrected chi connectivity index (χ0v) is 13.2. The minimum atomic E-state index is 0.301. The third kappa shape index (κ3) is 3.62. The molecule has 2 aromatic rings. The quantitative estimate of drug-likeness (QED) is 0.751. The Morgan fingerprint density at radius 1 is 1.09 bits per heavy atom. The van der Waals surface area contributed by atoms with E-state index in [4.69, 9.17) is 15.2 Å². The second-order valence-corrected chi connectivity index (χ2v) is 5.55. The van der Waals surface area contributed by atoms with Crippen molar-refractivity contribution >= 4 is 17.3 Å². The summed E-state index contributed by atoms with van der Waals surface area (Å²) in [7, 11) is 3.24. The summed E-state index contributed by atoms with van der Waals surface area (Å²) in [5.41, 5.74) is 6.61. The summed E-state index contributed by atoms with van der Waals surface area (Å²) in [6, 6.07) is 8.13. The topological polar surface area (TPSA) is 94.3 Å². The highest BCUT2D eigenvalue weighted by molar-refractivity contribution is 5.66. The van der Waals surface area contributed by atoms with Crippen molar-refractivity contribution in [2.24, 2.45) is 5.73 Å². The molecule has 23 heavy (non-hydrogen) atoms. The van der Waals surface area contributed by atoms with Crippen molar-refractivity contribution in [2.45, 2.75) is 24.9 Å². The Hall–Kier alpha value is -2.54. The fourth-order valence-electron chi connectivity index (χ4n) is 2.53. The predicted octanol–water partition coefficient (Wildman–Crippen LogP) is 2.14. The van der Waals surface area contributed by atoms with E-state index in [0.717, 1.165) is 30.1 Å². The highest BCUT2D eigenvalue weighted by atomic mass is 16.5. The molecule has 3 rings (SSSR count). The van der Waals surface area contributed by atoms with E-state index >= 15 is 0 Å². The third-order valence-corrected chi connectivity index (χ3v) is 3.87.